The van der Waals surface area contributed by atoms with E-state index in [0.29, 0.717) is 0 Å². The van der Waals surface area contributed by atoms with E-state index in [1.807, 2.05) is 24.3 Å². The van der Waals surface area contributed by atoms with E-state index in [4.69, 9.17) is 0 Å². The van der Waals surface area contributed by atoms with Crippen LogP contribution >= 0.6 is 0 Å². The van der Waals surface area contributed by atoms with Gasteiger partial charge in [0.1, 0.15) is 12.2 Å². The summed E-state index contributed by atoms with van der Waals surface area (Å²) < 4.78 is 0. The van der Waals surface area contributed by atoms with E-state index in [2.05, 4.69) is 30.3 Å². The smallest absolute Gasteiger partial charge is 0.109 e. The molecule has 0 saturated carbocycles. The highest BCUT2D eigenvalue weighted by molar-refractivity contribution is 6.08. The SMILES string of the molecule is O[C@@H]1C=Cc2cc3ccc4ccccc4c3cc2[C@H]1O. The van der Waals surface area contributed by atoms with Crippen LogP contribution in [0.25, 0.3) is 27.6 Å². The van der Waals surface area contributed by atoms with Crippen LogP contribution in [0.4, 0.5) is 0 Å². The molecule has 3 aromatic carbocycles. The Morgan fingerprint density at radius 2 is 1.60 bits per heavy atom. The molecule has 0 unspecified atom stereocenters. The Labute approximate surface area is 116 Å². The maximum Gasteiger partial charge on any atom is 0.109 e. The summed E-state index contributed by atoms with van der Waals surface area (Å²) in [6.07, 6.45) is 1.84. The largest absolute Gasteiger partial charge is 0.386 e. The predicted molar refractivity (Wildman–Crippen MR) is 81.5 cm³/mol. The summed E-state index contributed by atoms with van der Waals surface area (Å²) in [7, 11) is 0. The second-order valence-corrected chi connectivity index (χ2v) is 5.28. The van der Waals surface area contributed by atoms with Crippen LogP contribution in [0.3, 0.4) is 0 Å². The topological polar surface area (TPSA) is 40.5 Å². The fraction of sp³-hybridized carbons (Fsp3) is 0.111. The highest BCUT2D eigenvalue weighted by Crippen LogP contribution is 2.34. The molecule has 20 heavy (non-hydrogen) atoms. The van der Waals surface area contributed by atoms with Crippen molar-refractivity contribution >= 4 is 27.6 Å². The monoisotopic (exact) mass is 262 g/mol. The highest BCUT2D eigenvalue weighted by Gasteiger charge is 2.22. The number of rotatable bonds is 0. The van der Waals surface area contributed by atoms with Crippen LogP contribution in [0.5, 0.6) is 0 Å². The molecule has 0 fully saturated rings. The van der Waals surface area contributed by atoms with Gasteiger partial charge in [0.25, 0.3) is 0 Å². The third-order valence-corrected chi connectivity index (χ3v) is 4.06. The zero-order valence-corrected chi connectivity index (χ0v) is 10.8. The zero-order chi connectivity index (χ0) is 13.7. The lowest BCUT2D eigenvalue weighted by Gasteiger charge is -2.22. The molecule has 0 spiro atoms. The summed E-state index contributed by atoms with van der Waals surface area (Å²) in [6.45, 7) is 0. The van der Waals surface area contributed by atoms with Gasteiger partial charge in [0, 0.05) is 0 Å². The highest BCUT2D eigenvalue weighted by atomic mass is 16.3. The van der Waals surface area contributed by atoms with E-state index >= 15 is 0 Å². The molecule has 0 saturated heterocycles. The van der Waals surface area contributed by atoms with Gasteiger partial charge in [-0.05, 0) is 44.8 Å². The van der Waals surface area contributed by atoms with Crippen molar-refractivity contribution in [3.63, 3.8) is 0 Å². The van der Waals surface area contributed by atoms with Crippen molar-refractivity contribution in [3.05, 3.63) is 65.7 Å². The Balaban J connectivity index is 2.11. The maximum absolute atomic E-state index is 10.2. The minimum Gasteiger partial charge on any atom is -0.386 e. The second kappa shape index (κ2) is 4.17. The summed E-state index contributed by atoms with van der Waals surface area (Å²) in [6, 6.07) is 16.5. The molecule has 2 heteroatoms. The molecule has 2 atom stereocenters. The van der Waals surface area contributed by atoms with Crippen molar-refractivity contribution < 1.29 is 10.2 Å². The van der Waals surface area contributed by atoms with Gasteiger partial charge < -0.3 is 10.2 Å². The molecule has 1 aliphatic rings. The number of aliphatic hydroxyl groups is 2. The van der Waals surface area contributed by atoms with Crippen molar-refractivity contribution in [1.29, 1.82) is 0 Å². The molecule has 2 N–H and O–H groups in total. The molecule has 0 amide bonds. The Kier molecular flexibility index (Phi) is 2.43. The third-order valence-electron chi connectivity index (χ3n) is 4.06. The lowest BCUT2D eigenvalue weighted by molar-refractivity contribution is 0.0471. The van der Waals surface area contributed by atoms with E-state index in [9.17, 15) is 10.2 Å². The fourth-order valence-electron chi connectivity index (χ4n) is 2.98. The minimum atomic E-state index is -0.849. The average molecular weight is 262 g/mol. The average Bonchev–Trinajstić information content (AvgIpc) is 2.49. The maximum atomic E-state index is 10.2. The molecule has 3 aromatic rings. The number of fused-ring (bicyclic) bond motifs is 4. The summed E-state index contributed by atoms with van der Waals surface area (Å²) in [5.41, 5.74) is 1.77. The quantitative estimate of drug-likeness (QED) is 0.609. The molecular weight excluding hydrogens is 248 g/mol. The summed E-state index contributed by atoms with van der Waals surface area (Å²) in [5.74, 6) is 0. The van der Waals surface area contributed by atoms with Crippen molar-refractivity contribution in [2.75, 3.05) is 0 Å². The van der Waals surface area contributed by atoms with Crippen LogP contribution in [-0.2, 0) is 0 Å². The van der Waals surface area contributed by atoms with E-state index in [1.54, 1.807) is 6.08 Å². The first kappa shape index (κ1) is 11.6. The van der Waals surface area contributed by atoms with E-state index in [0.717, 1.165) is 21.9 Å². The van der Waals surface area contributed by atoms with Gasteiger partial charge in [0.15, 0.2) is 0 Å². The van der Waals surface area contributed by atoms with Crippen LogP contribution in [-0.4, -0.2) is 16.3 Å². The van der Waals surface area contributed by atoms with Crippen molar-refractivity contribution in [2.45, 2.75) is 12.2 Å². The molecule has 0 aliphatic heterocycles. The zero-order valence-electron chi connectivity index (χ0n) is 10.8. The second-order valence-electron chi connectivity index (χ2n) is 5.28. The molecule has 4 rings (SSSR count). The number of hydrogen-bond acceptors (Lipinski definition) is 2. The predicted octanol–water partition coefficient (Wildman–Crippen LogP) is 3.41. The normalized spacial score (nSPS) is 21.3. The van der Waals surface area contributed by atoms with Crippen LogP contribution in [0, 0.1) is 0 Å². The van der Waals surface area contributed by atoms with E-state index in [-0.39, 0.29) is 0 Å². The van der Waals surface area contributed by atoms with Gasteiger partial charge in [-0.15, -0.1) is 0 Å². The Hall–Kier alpha value is -2.16. The summed E-state index contributed by atoms with van der Waals surface area (Å²) >= 11 is 0. The molecule has 0 radical (unpaired) electrons. The summed E-state index contributed by atoms with van der Waals surface area (Å²) in [4.78, 5) is 0. The Morgan fingerprint density at radius 1 is 0.800 bits per heavy atom. The first-order chi connectivity index (χ1) is 9.74. The lowest BCUT2D eigenvalue weighted by Crippen LogP contribution is -2.19. The van der Waals surface area contributed by atoms with Gasteiger partial charge in [-0.3, -0.25) is 0 Å². The van der Waals surface area contributed by atoms with Crippen LogP contribution in [0.1, 0.15) is 17.2 Å². The lowest BCUT2D eigenvalue weighted by atomic mass is 9.89. The van der Waals surface area contributed by atoms with Gasteiger partial charge in [-0.1, -0.05) is 48.6 Å². The third kappa shape index (κ3) is 1.59. The fourth-order valence-corrected chi connectivity index (χ4v) is 2.98. The van der Waals surface area contributed by atoms with Gasteiger partial charge in [0.2, 0.25) is 0 Å². The van der Waals surface area contributed by atoms with Crippen LogP contribution < -0.4 is 0 Å². The molecule has 2 nitrogen and oxygen atoms in total. The number of hydrogen-bond donors (Lipinski definition) is 2. The molecule has 0 bridgehead atoms. The molecular formula is C18H14O2. The van der Waals surface area contributed by atoms with Gasteiger partial charge in [-0.25, -0.2) is 0 Å². The van der Waals surface area contributed by atoms with Crippen molar-refractivity contribution in [1.82, 2.24) is 0 Å². The Morgan fingerprint density at radius 3 is 2.50 bits per heavy atom. The van der Waals surface area contributed by atoms with Gasteiger partial charge >= 0.3 is 0 Å². The van der Waals surface area contributed by atoms with Crippen LogP contribution in [0.2, 0.25) is 0 Å². The van der Waals surface area contributed by atoms with E-state index in [1.165, 1.54) is 10.8 Å². The standard InChI is InChI=1S/C18H14O2/c19-17-8-7-13-9-12-6-5-11-3-1-2-4-14(11)15(12)10-16(13)18(17)20/h1-10,17-20H/t17-,18-/m1/s1. The van der Waals surface area contributed by atoms with E-state index < -0.39 is 12.2 Å². The minimum absolute atomic E-state index is 0.795. The van der Waals surface area contributed by atoms with Gasteiger partial charge in [-0.2, -0.15) is 0 Å². The first-order valence-corrected chi connectivity index (χ1v) is 6.74. The van der Waals surface area contributed by atoms with Gasteiger partial charge in [0.05, 0.1) is 0 Å². The summed E-state index contributed by atoms with van der Waals surface area (Å²) in [5, 5.41) is 24.5. The van der Waals surface area contributed by atoms with Crippen molar-refractivity contribution in [2.24, 2.45) is 0 Å². The molecule has 1 aliphatic carbocycles. The number of aliphatic hydroxyl groups excluding tert-OH is 2. The Bertz CT molecular complexity index is 849. The van der Waals surface area contributed by atoms with Crippen LogP contribution in [0.15, 0.2) is 54.6 Å². The molecule has 98 valence electrons. The first-order valence-electron chi connectivity index (χ1n) is 6.74. The molecule has 0 heterocycles. The molecule has 0 aromatic heterocycles. The van der Waals surface area contributed by atoms with Crippen molar-refractivity contribution in [3.8, 4) is 0 Å². The number of benzene rings is 3.